The lowest BCUT2D eigenvalue weighted by molar-refractivity contribution is 0.191. The van der Waals surface area contributed by atoms with E-state index in [1.54, 1.807) is 0 Å². The summed E-state index contributed by atoms with van der Waals surface area (Å²) in [6.45, 7) is 6.76. The van der Waals surface area contributed by atoms with E-state index in [4.69, 9.17) is 5.73 Å². The van der Waals surface area contributed by atoms with Crippen molar-refractivity contribution in [1.82, 2.24) is 9.55 Å². The maximum absolute atomic E-state index is 5.96. The van der Waals surface area contributed by atoms with Gasteiger partial charge in [-0.1, -0.05) is 13.8 Å². The van der Waals surface area contributed by atoms with Gasteiger partial charge in [0.15, 0.2) is 0 Å². The predicted molar refractivity (Wildman–Crippen MR) is 66.1 cm³/mol. The van der Waals surface area contributed by atoms with Crippen LogP contribution in [0.4, 0.5) is 0 Å². The zero-order valence-corrected chi connectivity index (χ0v) is 10.6. The summed E-state index contributed by atoms with van der Waals surface area (Å²) < 4.78 is 2.29. The zero-order valence-electron chi connectivity index (χ0n) is 10.6. The molecule has 1 aromatic heterocycles. The van der Waals surface area contributed by atoms with Gasteiger partial charge in [0.2, 0.25) is 0 Å². The second-order valence-corrected chi connectivity index (χ2v) is 5.91. The van der Waals surface area contributed by atoms with Gasteiger partial charge in [-0.05, 0) is 38.0 Å². The maximum Gasteiger partial charge on any atom is 0.0951 e. The lowest BCUT2D eigenvalue weighted by Crippen LogP contribution is -2.25. The monoisotopic (exact) mass is 221 g/mol. The highest BCUT2D eigenvalue weighted by Gasteiger charge is 2.28. The van der Waals surface area contributed by atoms with Crippen LogP contribution in [0, 0.1) is 5.41 Å². The van der Waals surface area contributed by atoms with Gasteiger partial charge in [0.05, 0.1) is 12.0 Å². The van der Waals surface area contributed by atoms with Crippen LogP contribution in [0.25, 0.3) is 0 Å². The minimum Gasteiger partial charge on any atom is -0.330 e. The minimum atomic E-state index is 0.0810. The highest BCUT2D eigenvalue weighted by atomic mass is 15.1. The average molecular weight is 221 g/mol. The Kier molecular flexibility index (Phi) is 3.06. The number of nitrogens with zero attached hydrogens (tertiary/aromatic N) is 2. The second kappa shape index (κ2) is 4.21. The van der Waals surface area contributed by atoms with E-state index < -0.39 is 0 Å². The molecule has 0 amide bonds. The van der Waals surface area contributed by atoms with Gasteiger partial charge in [-0.3, -0.25) is 0 Å². The molecule has 16 heavy (non-hydrogen) atoms. The van der Waals surface area contributed by atoms with Crippen molar-refractivity contribution in [2.75, 3.05) is 0 Å². The number of hydrogen-bond donors (Lipinski definition) is 1. The highest BCUT2D eigenvalue weighted by Crippen LogP contribution is 2.40. The van der Waals surface area contributed by atoms with Gasteiger partial charge in [0.25, 0.3) is 0 Å². The first kappa shape index (κ1) is 11.6. The van der Waals surface area contributed by atoms with E-state index in [2.05, 4.69) is 23.4 Å². The van der Waals surface area contributed by atoms with Gasteiger partial charge in [0, 0.05) is 18.3 Å². The largest absolute Gasteiger partial charge is 0.330 e. The maximum atomic E-state index is 5.96. The molecule has 90 valence electrons. The Hall–Kier alpha value is -0.830. The third kappa shape index (κ3) is 2.29. The first-order valence-electron chi connectivity index (χ1n) is 6.27. The molecule has 2 rings (SSSR count). The molecule has 1 saturated carbocycles. The molecular formula is C13H23N3. The summed E-state index contributed by atoms with van der Waals surface area (Å²) in [7, 11) is 0. The molecule has 0 unspecified atom stereocenters. The van der Waals surface area contributed by atoms with Crippen molar-refractivity contribution in [2.24, 2.45) is 11.1 Å². The van der Waals surface area contributed by atoms with Crippen LogP contribution in [0.15, 0.2) is 12.5 Å². The second-order valence-electron chi connectivity index (χ2n) is 5.91. The molecule has 3 heteroatoms. The molecule has 0 saturated heterocycles. The highest BCUT2D eigenvalue weighted by molar-refractivity contribution is 5.05. The van der Waals surface area contributed by atoms with Crippen LogP contribution in [-0.4, -0.2) is 9.55 Å². The summed E-state index contributed by atoms with van der Waals surface area (Å²) in [4.78, 5) is 4.24. The molecule has 1 atom stereocenters. The van der Waals surface area contributed by atoms with Crippen molar-refractivity contribution < 1.29 is 0 Å². The Morgan fingerprint density at radius 3 is 2.62 bits per heavy atom. The Balaban J connectivity index is 2.11. The summed E-state index contributed by atoms with van der Waals surface area (Å²) in [5, 5.41) is 0. The lowest BCUT2D eigenvalue weighted by Gasteiger charge is -2.35. The number of rotatable bonds is 2. The quantitative estimate of drug-likeness (QED) is 0.834. The summed E-state index contributed by atoms with van der Waals surface area (Å²) >= 11 is 0. The molecule has 1 aromatic rings. The molecule has 2 N–H and O–H groups in total. The van der Waals surface area contributed by atoms with Crippen LogP contribution in [0.2, 0.25) is 0 Å². The van der Waals surface area contributed by atoms with E-state index >= 15 is 0 Å². The molecule has 1 fully saturated rings. The number of imidazole rings is 1. The number of aromatic nitrogens is 2. The molecule has 1 aliphatic carbocycles. The summed E-state index contributed by atoms with van der Waals surface area (Å²) in [6, 6.07) is 0.689. The molecule has 0 aromatic carbocycles. The normalized spacial score (nSPS) is 23.2. The first-order valence-corrected chi connectivity index (χ1v) is 6.27. The smallest absolute Gasteiger partial charge is 0.0951 e. The van der Waals surface area contributed by atoms with Crippen molar-refractivity contribution in [2.45, 2.75) is 58.5 Å². The van der Waals surface area contributed by atoms with E-state index in [1.165, 1.54) is 31.4 Å². The molecule has 0 bridgehead atoms. The summed E-state index contributed by atoms with van der Waals surface area (Å²) in [6.07, 6.45) is 8.96. The third-order valence-electron chi connectivity index (χ3n) is 3.86. The Bertz CT molecular complexity index is 342. The zero-order chi connectivity index (χ0) is 11.8. The van der Waals surface area contributed by atoms with E-state index in [-0.39, 0.29) is 6.04 Å². The van der Waals surface area contributed by atoms with E-state index in [0.717, 1.165) is 0 Å². The Morgan fingerprint density at radius 1 is 1.44 bits per heavy atom. The van der Waals surface area contributed by atoms with Gasteiger partial charge >= 0.3 is 0 Å². The standard InChI is InChI=1S/C13H23N3/c1-10(14)12-8-15-9-16(12)11-4-6-13(2,3)7-5-11/h8-11H,4-7,14H2,1-3H3/t10-/m0/s1. The van der Waals surface area contributed by atoms with Gasteiger partial charge in [0.1, 0.15) is 0 Å². The van der Waals surface area contributed by atoms with E-state index in [9.17, 15) is 0 Å². The van der Waals surface area contributed by atoms with Gasteiger partial charge in [-0.2, -0.15) is 0 Å². The minimum absolute atomic E-state index is 0.0810. The molecule has 1 heterocycles. The van der Waals surface area contributed by atoms with Crippen LogP contribution in [0.1, 0.15) is 64.2 Å². The fraction of sp³-hybridized carbons (Fsp3) is 0.769. The van der Waals surface area contributed by atoms with Crippen LogP contribution < -0.4 is 5.73 Å². The SMILES string of the molecule is C[C@H](N)c1cncn1C1CCC(C)(C)CC1. The van der Waals surface area contributed by atoms with Crippen LogP contribution in [0.3, 0.4) is 0 Å². The first-order chi connectivity index (χ1) is 7.49. The van der Waals surface area contributed by atoms with Crippen LogP contribution in [0.5, 0.6) is 0 Å². The van der Waals surface area contributed by atoms with E-state index in [0.29, 0.717) is 11.5 Å². The van der Waals surface area contributed by atoms with Crippen molar-refractivity contribution in [3.8, 4) is 0 Å². The number of hydrogen-bond acceptors (Lipinski definition) is 2. The summed E-state index contributed by atoms with van der Waals surface area (Å²) in [5.74, 6) is 0. The topological polar surface area (TPSA) is 43.8 Å². The van der Waals surface area contributed by atoms with Crippen molar-refractivity contribution >= 4 is 0 Å². The molecule has 3 nitrogen and oxygen atoms in total. The lowest BCUT2D eigenvalue weighted by atomic mass is 9.75. The molecule has 0 spiro atoms. The molecule has 0 aliphatic heterocycles. The fourth-order valence-corrected chi connectivity index (χ4v) is 2.63. The van der Waals surface area contributed by atoms with Crippen LogP contribution >= 0.6 is 0 Å². The van der Waals surface area contributed by atoms with E-state index in [1.807, 2.05) is 19.4 Å². The third-order valence-corrected chi connectivity index (χ3v) is 3.86. The van der Waals surface area contributed by atoms with Gasteiger partial charge in [-0.25, -0.2) is 4.98 Å². The van der Waals surface area contributed by atoms with Crippen LogP contribution in [-0.2, 0) is 0 Å². The number of nitrogens with two attached hydrogens (primary N) is 1. The molecule has 0 radical (unpaired) electrons. The van der Waals surface area contributed by atoms with Crippen molar-refractivity contribution in [1.29, 1.82) is 0 Å². The van der Waals surface area contributed by atoms with Gasteiger partial charge < -0.3 is 10.3 Å². The fourth-order valence-electron chi connectivity index (χ4n) is 2.63. The molecular weight excluding hydrogens is 198 g/mol. The Labute approximate surface area is 98.1 Å². The van der Waals surface area contributed by atoms with Crippen molar-refractivity contribution in [3.05, 3.63) is 18.2 Å². The van der Waals surface area contributed by atoms with Crippen molar-refractivity contribution in [3.63, 3.8) is 0 Å². The Morgan fingerprint density at radius 2 is 2.06 bits per heavy atom. The summed E-state index contributed by atoms with van der Waals surface area (Å²) in [5.41, 5.74) is 7.65. The average Bonchev–Trinajstić information content (AvgIpc) is 2.66. The molecule has 1 aliphatic rings. The van der Waals surface area contributed by atoms with Gasteiger partial charge in [-0.15, -0.1) is 0 Å². The predicted octanol–water partition coefficient (Wildman–Crippen LogP) is 3.04.